The van der Waals surface area contributed by atoms with Crippen LogP contribution in [-0.4, -0.2) is 41.4 Å². The fourth-order valence-corrected chi connectivity index (χ4v) is 6.22. The van der Waals surface area contributed by atoms with Crippen molar-refractivity contribution in [3.8, 4) is 16.9 Å². The Balaban J connectivity index is 1.32. The number of carboxylic acid groups (broad SMARTS) is 1. The first-order valence-corrected chi connectivity index (χ1v) is 14.0. The van der Waals surface area contributed by atoms with E-state index in [2.05, 4.69) is 22.4 Å². The molecule has 0 saturated carbocycles. The van der Waals surface area contributed by atoms with Crippen molar-refractivity contribution in [2.45, 2.75) is 30.7 Å². The van der Waals surface area contributed by atoms with Gasteiger partial charge in [-0.1, -0.05) is 85.8 Å². The Hall–Kier alpha value is -5.04. The van der Waals surface area contributed by atoms with Gasteiger partial charge in [0.25, 0.3) is 0 Å². The molecule has 1 amide bonds. The molecule has 7 heteroatoms. The molecule has 212 valence electrons. The van der Waals surface area contributed by atoms with Gasteiger partial charge in [0.15, 0.2) is 5.54 Å². The monoisotopic (exact) mass is 560 g/mol. The molecule has 1 aliphatic carbocycles. The SMILES string of the molecule is COc1ccc(C[C@](NC(=O)OCC2c3ccccc3-c3ccccc32)(C(=O)O)[C@@H](C)c2c[nH]c3ccccc23)cc1. The molecule has 0 saturated heterocycles. The third-order valence-electron chi connectivity index (χ3n) is 8.52. The van der Waals surface area contributed by atoms with Gasteiger partial charge in [-0.3, -0.25) is 0 Å². The molecule has 4 aromatic carbocycles. The Morgan fingerprint density at radius 3 is 2.17 bits per heavy atom. The Morgan fingerprint density at radius 2 is 1.52 bits per heavy atom. The number of nitrogens with one attached hydrogen (secondary N) is 2. The van der Waals surface area contributed by atoms with Gasteiger partial charge in [0.05, 0.1) is 7.11 Å². The van der Waals surface area contributed by atoms with Crippen LogP contribution in [0.25, 0.3) is 22.0 Å². The van der Waals surface area contributed by atoms with Crippen LogP contribution < -0.4 is 10.1 Å². The second-order valence-corrected chi connectivity index (χ2v) is 10.8. The molecule has 1 aromatic heterocycles. The van der Waals surface area contributed by atoms with Crippen molar-refractivity contribution in [1.82, 2.24) is 10.3 Å². The Bertz CT molecular complexity index is 1710. The average molecular weight is 561 g/mol. The van der Waals surface area contributed by atoms with Crippen LogP contribution in [0.1, 0.15) is 41.0 Å². The summed E-state index contributed by atoms with van der Waals surface area (Å²) >= 11 is 0. The first-order valence-electron chi connectivity index (χ1n) is 14.0. The second-order valence-electron chi connectivity index (χ2n) is 10.8. The number of alkyl carbamates (subject to hydrolysis) is 1. The highest BCUT2D eigenvalue weighted by Gasteiger charge is 2.47. The van der Waals surface area contributed by atoms with E-state index in [0.29, 0.717) is 5.75 Å². The summed E-state index contributed by atoms with van der Waals surface area (Å²) in [7, 11) is 1.58. The van der Waals surface area contributed by atoms with Crippen LogP contribution in [0.5, 0.6) is 5.75 Å². The molecule has 0 spiro atoms. The highest BCUT2D eigenvalue weighted by Crippen LogP contribution is 2.44. The van der Waals surface area contributed by atoms with Crippen LogP contribution in [0.3, 0.4) is 0 Å². The maximum absolute atomic E-state index is 13.5. The highest BCUT2D eigenvalue weighted by molar-refractivity contribution is 5.89. The van der Waals surface area contributed by atoms with Crippen molar-refractivity contribution in [2.75, 3.05) is 13.7 Å². The molecular weight excluding hydrogens is 528 g/mol. The van der Waals surface area contributed by atoms with Crippen LogP contribution in [0.15, 0.2) is 103 Å². The van der Waals surface area contributed by atoms with Gasteiger partial charge < -0.3 is 24.9 Å². The molecule has 0 fully saturated rings. The summed E-state index contributed by atoms with van der Waals surface area (Å²) in [5.41, 5.74) is 5.13. The number of ether oxygens (including phenoxy) is 2. The van der Waals surface area contributed by atoms with E-state index in [-0.39, 0.29) is 18.9 Å². The molecule has 0 aliphatic heterocycles. The second kappa shape index (κ2) is 11.1. The van der Waals surface area contributed by atoms with Gasteiger partial charge >= 0.3 is 12.1 Å². The van der Waals surface area contributed by atoms with Gasteiger partial charge in [0, 0.05) is 35.4 Å². The number of aromatic amines is 1. The number of aliphatic carboxylic acids is 1. The lowest BCUT2D eigenvalue weighted by atomic mass is 9.76. The van der Waals surface area contributed by atoms with Crippen molar-refractivity contribution in [3.63, 3.8) is 0 Å². The van der Waals surface area contributed by atoms with Crippen LogP contribution >= 0.6 is 0 Å². The molecule has 42 heavy (non-hydrogen) atoms. The normalized spacial score (nSPS) is 14.4. The van der Waals surface area contributed by atoms with Crippen molar-refractivity contribution in [2.24, 2.45) is 0 Å². The molecular formula is C35H32N2O5. The summed E-state index contributed by atoms with van der Waals surface area (Å²) in [5, 5.41) is 14.5. The minimum atomic E-state index is -1.71. The summed E-state index contributed by atoms with van der Waals surface area (Å²) in [6.45, 7) is 1.91. The molecule has 0 bridgehead atoms. The summed E-state index contributed by atoms with van der Waals surface area (Å²) in [6.07, 6.45) is 1.08. The minimum absolute atomic E-state index is 0.0389. The van der Waals surface area contributed by atoms with Gasteiger partial charge in [0.1, 0.15) is 12.4 Å². The first-order chi connectivity index (χ1) is 20.4. The summed E-state index contributed by atoms with van der Waals surface area (Å²) in [5.74, 6) is -1.25. The number of hydrogen-bond acceptors (Lipinski definition) is 4. The lowest BCUT2D eigenvalue weighted by Gasteiger charge is -2.36. The number of carboxylic acids is 1. The zero-order valence-electron chi connectivity index (χ0n) is 23.5. The lowest BCUT2D eigenvalue weighted by molar-refractivity contribution is -0.145. The predicted octanol–water partition coefficient (Wildman–Crippen LogP) is 6.88. The Kier molecular flexibility index (Phi) is 7.17. The smallest absolute Gasteiger partial charge is 0.408 e. The summed E-state index contributed by atoms with van der Waals surface area (Å²) in [6, 6.07) is 31.1. The number of carbonyl (C=O) groups is 2. The van der Waals surface area contributed by atoms with E-state index in [1.54, 1.807) is 19.2 Å². The fraction of sp³-hybridized carbons (Fsp3) is 0.200. The molecule has 1 aliphatic rings. The van der Waals surface area contributed by atoms with E-state index < -0.39 is 23.5 Å². The number of H-pyrrole nitrogens is 1. The number of methoxy groups -OCH3 is 1. The molecule has 0 radical (unpaired) electrons. The maximum atomic E-state index is 13.5. The summed E-state index contributed by atoms with van der Waals surface area (Å²) in [4.78, 5) is 30.0. The van der Waals surface area contributed by atoms with Crippen molar-refractivity contribution < 1.29 is 24.2 Å². The van der Waals surface area contributed by atoms with Crippen molar-refractivity contribution in [3.05, 3.63) is 126 Å². The van der Waals surface area contributed by atoms with Gasteiger partial charge in [-0.2, -0.15) is 0 Å². The van der Waals surface area contributed by atoms with Crippen LogP contribution in [0.2, 0.25) is 0 Å². The zero-order chi connectivity index (χ0) is 29.3. The van der Waals surface area contributed by atoms with Crippen LogP contribution in [0.4, 0.5) is 4.79 Å². The predicted molar refractivity (Wildman–Crippen MR) is 162 cm³/mol. The maximum Gasteiger partial charge on any atom is 0.408 e. The first kappa shape index (κ1) is 27.1. The molecule has 6 rings (SSSR count). The number of fused-ring (bicyclic) bond motifs is 4. The number of carbonyl (C=O) groups excluding carboxylic acids is 1. The largest absolute Gasteiger partial charge is 0.497 e. The number of para-hydroxylation sites is 1. The van der Waals surface area contributed by atoms with Crippen LogP contribution in [-0.2, 0) is 16.0 Å². The van der Waals surface area contributed by atoms with Gasteiger partial charge in [0.2, 0.25) is 0 Å². The number of rotatable bonds is 9. The number of benzene rings is 4. The van der Waals surface area contributed by atoms with E-state index in [4.69, 9.17) is 9.47 Å². The topological polar surface area (TPSA) is 101 Å². The molecule has 0 unspecified atom stereocenters. The number of aromatic nitrogens is 1. The third kappa shape index (κ3) is 4.77. The zero-order valence-corrected chi connectivity index (χ0v) is 23.5. The van der Waals surface area contributed by atoms with E-state index in [1.165, 1.54) is 0 Å². The van der Waals surface area contributed by atoms with Crippen molar-refractivity contribution in [1.29, 1.82) is 0 Å². The molecule has 7 nitrogen and oxygen atoms in total. The molecule has 1 heterocycles. The lowest BCUT2D eigenvalue weighted by Crippen LogP contribution is -2.59. The average Bonchev–Trinajstić information content (AvgIpc) is 3.59. The Labute approximate surface area is 244 Å². The van der Waals surface area contributed by atoms with Gasteiger partial charge in [-0.25, -0.2) is 9.59 Å². The fourth-order valence-electron chi connectivity index (χ4n) is 6.22. The third-order valence-corrected chi connectivity index (χ3v) is 8.52. The molecule has 2 atom stereocenters. The van der Waals surface area contributed by atoms with E-state index in [9.17, 15) is 14.7 Å². The van der Waals surface area contributed by atoms with Gasteiger partial charge in [-0.05, 0) is 51.6 Å². The highest BCUT2D eigenvalue weighted by atomic mass is 16.5. The van der Waals surface area contributed by atoms with E-state index in [0.717, 1.165) is 44.3 Å². The van der Waals surface area contributed by atoms with E-state index in [1.807, 2.05) is 85.9 Å². The Morgan fingerprint density at radius 1 is 0.905 bits per heavy atom. The number of amides is 1. The summed E-state index contributed by atoms with van der Waals surface area (Å²) < 4.78 is 11.1. The molecule has 3 N–H and O–H groups in total. The minimum Gasteiger partial charge on any atom is -0.497 e. The van der Waals surface area contributed by atoms with E-state index >= 15 is 0 Å². The quantitative estimate of drug-likeness (QED) is 0.182. The van der Waals surface area contributed by atoms with Crippen LogP contribution in [0, 0.1) is 0 Å². The van der Waals surface area contributed by atoms with Gasteiger partial charge in [-0.15, -0.1) is 0 Å². The number of hydrogen-bond donors (Lipinski definition) is 3. The standard InChI is InChI=1S/C35H32N2O5/c1-22(30-20-36-32-14-8-7-13-29(30)32)35(33(38)39,19-23-15-17-24(41-2)18-16-23)37-34(40)42-21-31-27-11-5-3-9-25(27)26-10-4-6-12-28(26)31/h3-18,20,22,31,36H,19,21H2,1-2H3,(H,37,40)(H,38,39)/t22-,35+/m0/s1. The van der Waals surface area contributed by atoms with Crippen molar-refractivity contribution >= 4 is 23.0 Å². The molecule has 5 aromatic rings.